The number of carbonyl (C=O) groups excluding carboxylic acids is 1. The van der Waals surface area contributed by atoms with Gasteiger partial charge >= 0.3 is 0 Å². The molecule has 1 aliphatic heterocycles. The summed E-state index contributed by atoms with van der Waals surface area (Å²) < 4.78 is 0. The minimum atomic E-state index is -0.472. The van der Waals surface area contributed by atoms with Crippen molar-refractivity contribution in [2.24, 2.45) is 5.73 Å². The minimum Gasteiger partial charge on any atom is -0.368 e. The maximum atomic E-state index is 11.5. The van der Waals surface area contributed by atoms with Gasteiger partial charge in [-0.05, 0) is 33.4 Å². The predicted molar refractivity (Wildman–Crippen MR) is 56.9 cm³/mol. The summed E-state index contributed by atoms with van der Waals surface area (Å²) in [6, 6.07) is 0.412. The SMILES string of the molecule is CCNC1(C(N)=O)CCN(C)C(C)C1. The van der Waals surface area contributed by atoms with Gasteiger partial charge in [-0.15, -0.1) is 0 Å². The molecule has 82 valence electrons. The summed E-state index contributed by atoms with van der Waals surface area (Å²) >= 11 is 0. The fourth-order valence-corrected chi connectivity index (χ4v) is 2.16. The van der Waals surface area contributed by atoms with Gasteiger partial charge in [-0.25, -0.2) is 0 Å². The molecule has 1 amide bonds. The van der Waals surface area contributed by atoms with Crippen LogP contribution in [-0.4, -0.2) is 42.5 Å². The van der Waals surface area contributed by atoms with Crippen LogP contribution in [0.4, 0.5) is 0 Å². The van der Waals surface area contributed by atoms with Gasteiger partial charge in [0.25, 0.3) is 0 Å². The van der Waals surface area contributed by atoms with Crippen LogP contribution < -0.4 is 11.1 Å². The number of carbonyl (C=O) groups is 1. The van der Waals surface area contributed by atoms with Crippen molar-refractivity contribution in [2.75, 3.05) is 20.1 Å². The lowest BCUT2D eigenvalue weighted by Gasteiger charge is -2.42. The molecule has 1 rings (SSSR count). The van der Waals surface area contributed by atoms with Crippen molar-refractivity contribution in [1.82, 2.24) is 10.2 Å². The number of primary amides is 1. The Balaban J connectivity index is 2.74. The third-order valence-corrected chi connectivity index (χ3v) is 3.27. The van der Waals surface area contributed by atoms with Crippen LogP contribution >= 0.6 is 0 Å². The second-order valence-electron chi connectivity index (χ2n) is 4.26. The second kappa shape index (κ2) is 4.28. The van der Waals surface area contributed by atoms with E-state index in [-0.39, 0.29) is 5.91 Å². The van der Waals surface area contributed by atoms with E-state index in [1.165, 1.54) is 0 Å². The van der Waals surface area contributed by atoms with Gasteiger partial charge in [0.2, 0.25) is 5.91 Å². The molecule has 0 aromatic rings. The molecule has 1 heterocycles. The van der Waals surface area contributed by atoms with Gasteiger partial charge < -0.3 is 16.0 Å². The molecule has 0 aromatic carbocycles. The number of nitrogens with zero attached hydrogens (tertiary/aromatic N) is 1. The Labute approximate surface area is 85.8 Å². The number of likely N-dealkylation sites (tertiary alicyclic amines) is 1. The van der Waals surface area contributed by atoms with Crippen LogP contribution in [0.3, 0.4) is 0 Å². The fraction of sp³-hybridized carbons (Fsp3) is 0.900. The molecular formula is C10H21N3O. The quantitative estimate of drug-likeness (QED) is 0.669. The van der Waals surface area contributed by atoms with Crippen LogP contribution in [0.15, 0.2) is 0 Å². The van der Waals surface area contributed by atoms with Crippen molar-refractivity contribution >= 4 is 5.91 Å². The molecule has 4 nitrogen and oxygen atoms in total. The van der Waals surface area contributed by atoms with E-state index in [4.69, 9.17) is 5.73 Å². The second-order valence-corrected chi connectivity index (χ2v) is 4.26. The molecule has 0 spiro atoms. The zero-order valence-corrected chi connectivity index (χ0v) is 9.34. The molecule has 1 aliphatic rings. The predicted octanol–water partition coefficient (Wildman–Crippen LogP) is -0.0659. The van der Waals surface area contributed by atoms with Gasteiger partial charge in [0.1, 0.15) is 5.54 Å². The van der Waals surface area contributed by atoms with Crippen molar-refractivity contribution in [3.05, 3.63) is 0 Å². The molecular weight excluding hydrogens is 178 g/mol. The van der Waals surface area contributed by atoms with Crippen LogP contribution in [0, 0.1) is 0 Å². The number of likely N-dealkylation sites (N-methyl/N-ethyl adjacent to an activating group) is 1. The van der Waals surface area contributed by atoms with Gasteiger partial charge in [-0.3, -0.25) is 4.79 Å². The summed E-state index contributed by atoms with van der Waals surface area (Å²) in [4.78, 5) is 13.7. The summed E-state index contributed by atoms with van der Waals surface area (Å²) in [5.74, 6) is -0.209. The largest absolute Gasteiger partial charge is 0.368 e. The molecule has 0 aliphatic carbocycles. The Morgan fingerprint density at radius 3 is 2.79 bits per heavy atom. The molecule has 14 heavy (non-hydrogen) atoms. The average molecular weight is 199 g/mol. The van der Waals surface area contributed by atoms with Gasteiger partial charge in [-0.1, -0.05) is 6.92 Å². The lowest BCUT2D eigenvalue weighted by atomic mass is 9.83. The molecule has 1 fully saturated rings. The van der Waals surface area contributed by atoms with E-state index in [9.17, 15) is 4.79 Å². The van der Waals surface area contributed by atoms with Crippen molar-refractivity contribution in [3.8, 4) is 0 Å². The molecule has 2 atom stereocenters. The number of hydrogen-bond acceptors (Lipinski definition) is 3. The van der Waals surface area contributed by atoms with Crippen molar-refractivity contribution < 1.29 is 4.79 Å². The van der Waals surface area contributed by atoms with Crippen LogP contribution in [-0.2, 0) is 4.79 Å². The highest BCUT2D eigenvalue weighted by Gasteiger charge is 2.41. The number of amides is 1. The van der Waals surface area contributed by atoms with Crippen molar-refractivity contribution in [1.29, 1.82) is 0 Å². The van der Waals surface area contributed by atoms with Gasteiger partial charge in [0.15, 0.2) is 0 Å². The lowest BCUT2D eigenvalue weighted by Crippen LogP contribution is -2.62. The summed E-state index contributed by atoms with van der Waals surface area (Å²) in [7, 11) is 2.08. The number of nitrogens with one attached hydrogen (secondary N) is 1. The standard InChI is InChI=1S/C10H21N3O/c1-4-12-10(9(11)14)5-6-13(3)8(2)7-10/h8,12H,4-7H2,1-3H3,(H2,11,14). The van der Waals surface area contributed by atoms with E-state index < -0.39 is 5.54 Å². The maximum absolute atomic E-state index is 11.5. The highest BCUT2D eigenvalue weighted by Crippen LogP contribution is 2.25. The summed E-state index contributed by atoms with van der Waals surface area (Å²) in [6.07, 6.45) is 1.63. The van der Waals surface area contributed by atoms with Crippen LogP contribution in [0.1, 0.15) is 26.7 Å². The van der Waals surface area contributed by atoms with E-state index in [2.05, 4.69) is 24.2 Å². The van der Waals surface area contributed by atoms with Gasteiger partial charge in [0.05, 0.1) is 0 Å². The molecule has 0 radical (unpaired) electrons. The zero-order chi connectivity index (χ0) is 10.8. The van der Waals surface area contributed by atoms with E-state index >= 15 is 0 Å². The number of rotatable bonds is 3. The Kier molecular flexibility index (Phi) is 3.50. The number of nitrogens with two attached hydrogens (primary N) is 1. The van der Waals surface area contributed by atoms with Crippen molar-refractivity contribution in [3.63, 3.8) is 0 Å². The Bertz CT molecular complexity index is 219. The number of hydrogen-bond donors (Lipinski definition) is 2. The molecule has 0 bridgehead atoms. The minimum absolute atomic E-state index is 0.209. The van der Waals surface area contributed by atoms with E-state index in [1.54, 1.807) is 0 Å². The first-order valence-electron chi connectivity index (χ1n) is 5.27. The summed E-state index contributed by atoms with van der Waals surface area (Å²) in [5.41, 5.74) is 5.00. The topological polar surface area (TPSA) is 58.4 Å². The Morgan fingerprint density at radius 2 is 2.36 bits per heavy atom. The van der Waals surface area contributed by atoms with Crippen molar-refractivity contribution in [2.45, 2.75) is 38.3 Å². The zero-order valence-electron chi connectivity index (χ0n) is 9.34. The number of piperidine rings is 1. The third kappa shape index (κ3) is 2.07. The molecule has 0 saturated carbocycles. The molecule has 4 heteroatoms. The molecule has 2 unspecified atom stereocenters. The normalized spacial score (nSPS) is 34.4. The molecule has 0 aromatic heterocycles. The van der Waals surface area contributed by atoms with E-state index in [1.807, 2.05) is 6.92 Å². The summed E-state index contributed by atoms with van der Waals surface area (Å²) in [6.45, 7) is 5.86. The highest BCUT2D eigenvalue weighted by molar-refractivity contribution is 5.84. The average Bonchev–Trinajstić information content (AvgIpc) is 2.12. The van der Waals surface area contributed by atoms with Crippen LogP contribution in [0.2, 0.25) is 0 Å². The Morgan fingerprint density at radius 1 is 1.71 bits per heavy atom. The molecule has 1 saturated heterocycles. The first-order valence-corrected chi connectivity index (χ1v) is 5.27. The monoisotopic (exact) mass is 199 g/mol. The smallest absolute Gasteiger partial charge is 0.237 e. The third-order valence-electron chi connectivity index (χ3n) is 3.27. The molecule has 3 N–H and O–H groups in total. The van der Waals surface area contributed by atoms with E-state index in [0.717, 1.165) is 25.9 Å². The highest BCUT2D eigenvalue weighted by atomic mass is 16.1. The first kappa shape index (κ1) is 11.5. The van der Waals surface area contributed by atoms with Gasteiger partial charge in [-0.2, -0.15) is 0 Å². The van der Waals surface area contributed by atoms with Gasteiger partial charge in [0, 0.05) is 12.6 Å². The maximum Gasteiger partial charge on any atom is 0.237 e. The van der Waals surface area contributed by atoms with Crippen LogP contribution in [0.25, 0.3) is 0 Å². The summed E-state index contributed by atoms with van der Waals surface area (Å²) in [5, 5.41) is 3.25. The first-order chi connectivity index (χ1) is 6.52. The Hall–Kier alpha value is -0.610. The lowest BCUT2D eigenvalue weighted by molar-refractivity contribution is -0.127. The van der Waals surface area contributed by atoms with E-state index in [0.29, 0.717) is 6.04 Å². The fourth-order valence-electron chi connectivity index (χ4n) is 2.16. The van der Waals surface area contributed by atoms with Crippen LogP contribution in [0.5, 0.6) is 0 Å².